The number of aromatic amines is 1. The molecule has 0 saturated carbocycles. The van der Waals surface area contributed by atoms with E-state index in [1.165, 1.54) is 6.07 Å². The molecule has 1 fully saturated rings. The van der Waals surface area contributed by atoms with Gasteiger partial charge < -0.3 is 15.2 Å². The Kier molecular flexibility index (Phi) is 5.52. The molecule has 1 unspecified atom stereocenters. The van der Waals surface area contributed by atoms with Crippen LogP contribution in [-0.4, -0.2) is 40.6 Å². The minimum atomic E-state index is -0.481. The number of pyridine rings is 1. The van der Waals surface area contributed by atoms with Crippen LogP contribution in [0.4, 0.5) is 5.69 Å². The van der Waals surface area contributed by atoms with Gasteiger partial charge in [0.1, 0.15) is 5.56 Å². The van der Waals surface area contributed by atoms with Gasteiger partial charge in [-0.2, -0.15) is 0 Å². The normalized spacial score (nSPS) is 20.1. The Bertz CT molecular complexity index is 1090. The van der Waals surface area contributed by atoms with Crippen molar-refractivity contribution >= 4 is 23.3 Å². The Balaban J connectivity index is 1.52. The Morgan fingerprint density at radius 1 is 1.13 bits per heavy atom. The van der Waals surface area contributed by atoms with Gasteiger partial charge in [-0.15, -0.1) is 0 Å². The van der Waals surface area contributed by atoms with Crippen LogP contribution in [0.15, 0.2) is 41.2 Å². The predicted octanol–water partition coefficient (Wildman–Crippen LogP) is 3.02. The fourth-order valence-electron chi connectivity index (χ4n) is 4.50. The third-order valence-corrected chi connectivity index (χ3v) is 6.07. The molecule has 1 saturated heterocycles. The van der Waals surface area contributed by atoms with Crippen molar-refractivity contribution in [1.29, 1.82) is 0 Å². The number of carbonyl (C=O) groups is 3. The quantitative estimate of drug-likeness (QED) is 0.796. The van der Waals surface area contributed by atoms with Gasteiger partial charge >= 0.3 is 0 Å². The summed E-state index contributed by atoms with van der Waals surface area (Å²) in [4.78, 5) is 55.4. The molecule has 0 bridgehead atoms. The maximum Gasteiger partial charge on any atom is 0.261 e. The van der Waals surface area contributed by atoms with Crippen LogP contribution in [0.5, 0.6) is 0 Å². The minimum Gasteiger partial charge on any atom is -0.338 e. The molecule has 1 atom stereocenters. The van der Waals surface area contributed by atoms with E-state index in [1.54, 1.807) is 4.90 Å². The van der Waals surface area contributed by atoms with Gasteiger partial charge in [0, 0.05) is 36.5 Å². The van der Waals surface area contributed by atoms with Gasteiger partial charge in [0.25, 0.3) is 11.5 Å². The second-order valence-electron chi connectivity index (χ2n) is 9.29. The summed E-state index contributed by atoms with van der Waals surface area (Å²) in [5.74, 6) is -0.980. The molecule has 4 rings (SSSR count). The molecular weight excluding hydrogens is 394 g/mol. The fourth-order valence-corrected chi connectivity index (χ4v) is 4.50. The molecule has 1 aromatic carbocycles. The van der Waals surface area contributed by atoms with Crippen LogP contribution in [0, 0.1) is 11.3 Å². The maximum absolute atomic E-state index is 13.1. The van der Waals surface area contributed by atoms with Crippen LogP contribution >= 0.6 is 0 Å². The van der Waals surface area contributed by atoms with Crippen LogP contribution in [0.25, 0.3) is 0 Å². The first kappa shape index (κ1) is 21.0. The highest BCUT2D eigenvalue weighted by atomic mass is 16.2. The minimum absolute atomic E-state index is 0.0316. The zero-order valence-corrected chi connectivity index (χ0v) is 17.9. The number of rotatable bonds is 3. The number of anilines is 1. The second-order valence-corrected chi connectivity index (χ2v) is 9.29. The van der Waals surface area contributed by atoms with Crippen molar-refractivity contribution in [2.75, 3.05) is 18.4 Å². The highest BCUT2D eigenvalue weighted by molar-refractivity contribution is 6.02. The molecule has 162 valence electrons. The second kappa shape index (κ2) is 8.13. The number of H-pyrrole nitrogens is 1. The Morgan fingerprint density at radius 3 is 2.61 bits per heavy atom. The fraction of sp³-hybridized carbons (Fsp3) is 0.417. The zero-order valence-electron chi connectivity index (χ0n) is 17.9. The highest BCUT2D eigenvalue weighted by Crippen LogP contribution is 2.33. The van der Waals surface area contributed by atoms with Crippen molar-refractivity contribution < 1.29 is 14.4 Å². The number of aromatic nitrogens is 1. The Morgan fingerprint density at radius 2 is 1.87 bits per heavy atom. The zero-order chi connectivity index (χ0) is 22.2. The number of nitrogens with zero attached hydrogens (tertiary/aromatic N) is 1. The van der Waals surface area contributed by atoms with Crippen LogP contribution < -0.4 is 10.9 Å². The Labute approximate surface area is 180 Å². The molecule has 0 spiro atoms. The molecule has 1 aliphatic heterocycles. The lowest BCUT2D eigenvalue weighted by atomic mass is 9.75. The first-order valence-corrected chi connectivity index (χ1v) is 10.7. The smallest absolute Gasteiger partial charge is 0.261 e. The molecule has 2 heterocycles. The number of amides is 2. The van der Waals surface area contributed by atoms with E-state index in [4.69, 9.17) is 0 Å². The van der Waals surface area contributed by atoms with E-state index >= 15 is 0 Å². The van der Waals surface area contributed by atoms with Gasteiger partial charge in [0.15, 0.2) is 5.78 Å². The summed E-state index contributed by atoms with van der Waals surface area (Å²) in [6.07, 6.45) is 2.32. The van der Waals surface area contributed by atoms with E-state index < -0.39 is 11.5 Å². The van der Waals surface area contributed by atoms with E-state index in [9.17, 15) is 19.2 Å². The standard InChI is InChI=1S/C24H27N3O4/c1-24(2)12-19-17(20(28)13-24)11-18(22(30)26-19)23(31)27-10-6-7-15(14-27)21(29)25-16-8-4-3-5-9-16/h3-5,8-9,11,15H,6-7,10,12-14H2,1-2H3,(H,25,29)(H,26,30). The van der Waals surface area contributed by atoms with E-state index in [1.807, 2.05) is 44.2 Å². The highest BCUT2D eigenvalue weighted by Gasteiger charge is 2.34. The largest absolute Gasteiger partial charge is 0.338 e. The van der Waals surface area contributed by atoms with Crippen LogP contribution in [0.1, 0.15) is 59.5 Å². The summed E-state index contributed by atoms with van der Waals surface area (Å²) in [6, 6.07) is 10.6. The van der Waals surface area contributed by atoms with Crippen molar-refractivity contribution in [3.63, 3.8) is 0 Å². The van der Waals surface area contributed by atoms with Crippen LogP contribution in [0.3, 0.4) is 0 Å². The third kappa shape index (κ3) is 4.45. The summed E-state index contributed by atoms with van der Waals surface area (Å²) >= 11 is 0. The number of hydrogen-bond acceptors (Lipinski definition) is 4. The molecule has 7 nitrogen and oxygen atoms in total. The summed E-state index contributed by atoms with van der Waals surface area (Å²) in [7, 11) is 0. The number of nitrogens with one attached hydrogen (secondary N) is 2. The molecule has 7 heteroatoms. The lowest BCUT2D eigenvalue weighted by molar-refractivity contribution is -0.121. The van der Waals surface area contributed by atoms with Crippen molar-refractivity contribution in [3.05, 3.63) is 63.6 Å². The Hall–Kier alpha value is -3.22. The van der Waals surface area contributed by atoms with E-state index in [0.717, 1.165) is 0 Å². The molecule has 2 aromatic rings. The summed E-state index contributed by atoms with van der Waals surface area (Å²) in [5.41, 5.74) is 1.01. The average Bonchev–Trinajstić information content (AvgIpc) is 2.73. The maximum atomic E-state index is 13.1. The average molecular weight is 421 g/mol. The summed E-state index contributed by atoms with van der Waals surface area (Å²) in [6.45, 7) is 4.69. The number of piperidine rings is 1. The lowest BCUT2D eigenvalue weighted by Gasteiger charge is -2.33. The predicted molar refractivity (Wildman–Crippen MR) is 117 cm³/mol. The van der Waals surface area contributed by atoms with Gasteiger partial charge in [-0.3, -0.25) is 19.2 Å². The molecule has 1 aliphatic carbocycles. The molecule has 2 aliphatic rings. The molecule has 0 radical (unpaired) electrons. The lowest BCUT2D eigenvalue weighted by Crippen LogP contribution is -2.45. The summed E-state index contributed by atoms with van der Waals surface area (Å²) in [5, 5.41) is 2.89. The number of Topliss-reactive ketones (excluding diaryl/α,β-unsaturated/α-hetero) is 1. The number of para-hydroxylation sites is 1. The van der Waals surface area contributed by atoms with Crippen LogP contribution in [-0.2, 0) is 11.2 Å². The SMILES string of the molecule is CC1(C)CC(=O)c2cc(C(=O)N3CCCC(C(=O)Nc4ccccc4)C3)c(=O)[nH]c2C1. The van der Waals surface area contributed by atoms with Crippen molar-refractivity contribution in [2.24, 2.45) is 11.3 Å². The van der Waals surface area contributed by atoms with Crippen LogP contribution in [0.2, 0.25) is 0 Å². The number of fused-ring (bicyclic) bond motifs is 1. The first-order chi connectivity index (χ1) is 14.7. The third-order valence-electron chi connectivity index (χ3n) is 6.07. The van der Waals surface area contributed by atoms with Gasteiger partial charge in [-0.25, -0.2) is 0 Å². The topological polar surface area (TPSA) is 99.3 Å². The monoisotopic (exact) mass is 421 g/mol. The molecule has 31 heavy (non-hydrogen) atoms. The molecule has 2 N–H and O–H groups in total. The summed E-state index contributed by atoms with van der Waals surface area (Å²) < 4.78 is 0. The van der Waals surface area contributed by atoms with Crippen molar-refractivity contribution in [3.8, 4) is 0 Å². The number of benzene rings is 1. The van der Waals surface area contributed by atoms with E-state index in [2.05, 4.69) is 10.3 Å². The van der Waals surface area contributed by atoms with Gasteiger partial charge in [-0.05, 0) is 42.9 Å². The molecule has 1 aromatic heterocycles. The number of likely N-dealkylation sites (tertiary alicyclic amines) is 1. The van der Waals surface area contributed by atoms with E-state index in [-0.39, 0.29) is 35.1 Å². The number of carbonyl (C=O) groups excluding carboxylic acids is 3. The van der Waals surface area contributed by atoms with Crippen molar-refractivity contribution in [1.82, 2.24) is 9.88 Å². The first-order valence-electron chi connectivity index (χ1n) is 10.7. The number of ketones is 1. The molecular formula is C24H27N3O4. The van der Waals surface area contributed by atoms with Gasteiger partial charge in [0.2, 0.25) is 5.91 Å². The number of hydrogen-bond donors (Lipinski definition) is 2. The van der Waals surface area contributed by atoms with Gasteiger partial charge in [0.05, 0.1) is 5.92 Å². The molecule has 2 amide bonds. The van der Waals surface area contributed by atoms with E-state index in [0.29, 0.717) is 49.2 Å². The van der Waals surface area contributed by atoms with Gasteiger partial charge in [-0.1, -0.05) is 32.0 Å². The van der Waals surface area contributed by atoms with Crippen molar-refractivity contribution in [2.45, 2.75) is 39.5 Å².